The molecule has 0 fully saturated rings. The van der Waals surface area contributed by atoms with Gasteiger partial charge in [-0.3, -0.25) is 4.79 Å². The number of hydrogen-bond donors (Lipinski definition) is 2. The number of fused-ring (bicyclic) bond motifs is 1. The van der Waals surface area contributed by atoms with E-state index in [1.807, 2.05) is 4.68 Å². The van der Waals surface area contributed by atoms with E-state index in [4.69, 9.17) is 15.6 Å². The molecule has 0 saturated carbocycles. The van der Waals surface area contributed by atoms with Gasteiger partial charge in [0.1, 0.15) is 5.75 Å². The van der Waals surface area contributed by atoms with Crippen LogP contribution >= 0.6 is 12.4 Å². The molecule has 0 atom stereocenters. The van der Waals surface area contributed by atoms with E-state index >= 15 is 0 Å². The fourth-order valence-electron chi connectivity index (χ4n) is 3.81. The average Bonchev–Trinajstić information content (AvgIpc) is 3.26. The summed E-state index contributed by atoms with van der Waals surface area (Å²) in [5.74, 6) is 0.386. The minimum absolute atomic E-state index is 0. The second-order valence-electron chi connectivity index (χ2n) is 7.24. The Hall–Kier alpha value is -2.99. The number of halogens is 1. The van der Waals surface area contributed by atoms with Crippen LogP contribution in [0, 0.1) is 13.8 Å². The van der Waals surface area contributed by atoms with Crippen LogP contribution in [0.25, 0.3) is 5.69 Å². The van der Waals surface area contributed by atoms with E-state index in [2.05, 4.69) is 37.4 Å². The summed E-state index contributed by atoms with van der Waals surface area (Å²) in [6.07, 6.45) is 2.81. The van der Waals surface area contributed by atoms with E-state index in [-0.39, 0.29) is 18.3 Å². The number of rotatable bonds is 4. The van der Waals surface area contributed by atoms with Gasteiger partial charge in [-0.2, -0.15) is 5.10 Å². The predicted molar refractivity (Wildman–Crippen MR) is 118 cm³/mol. The van der Waals surface area contributed by atoms with E-state index in [0.717, 1.165) is 41.8 Å². The zero-order valence-corrected chi connectivity index (χ0v) is 17.6. The summed E-state index contributed by atoms with van der Waals surface area (Å²) >= 11 is 0. The van der Waals surface area contributed by atoms with E-state index < -0.39 is 0 Å². The zero-order chi connectivity index (χ0) is 19.8. The second kappa shape index (κ2) is 8.17. The van der Waals surface area contributed by atoms with Crippen molar-refractivity contribution in [3.63, 3.8) is 0 Å². The highest BCUT2D eigenvalue weighted by Gasteiger charge is 2.27. The van der Waals surface area contributed by atoms with E-state index in [0.29, 0.717) is 22.8 Å². The molecule has 0 unspecified atom stereocenters. The number of carbonyl (C=O) groups excluding carboxylic acids is 1. The van der Waals surface area contributed by atoms with Crippen LogP contribution in [0.1, 0.15) is 39.3 Å². The van der Waals surface area contributed by atoms with Crippen LogP contribution in [-0.2, 0) is 12.8 Å². The standard InChI is InChI=1S/C22H24N4O2.ClH/c1-13-7-10-19(14(2)11-13)26-20-6-4-5-16(20)21(25-26)22(27)24-18-12-15(28-3)8-9-17(18)23;/h7-12H,4-6,23H2,1-3H3,(H,24,27);1H. The van der Waals surface area contributed by atoms with Gasteiger partial charge < -0.3 is 15.8 Å². The number of aromatic nitrogens is 2. The van der Waals surface area contributed by atoms with Crippen LogP contribution in [0.5, 0.6) is 5.75 Å². The molecule has 7 heteroatoms. The van der Waals surface area contributed by atoms with E-state index in [9.17, 15) is 4.79 Å². The first-order valence-corrected chi connectivity index (χ1v) is 9.41. The van der Waals surface area contributed by atoms with Gasteiger partial charge in [0, 0.05) is 17.3 Å². The molecule has 1 aliphatic carbocycles. The zero-order valence-electron chi connectivity index (χ0n) is 16.8. The molecule has 152 valence electrons. The Morgan fingerprint density at radius 2 is 1.97 bits per heavy atom. The van der Waals surface area contributed by atoms with Gasteiger partial charge in [-0.15, -0.1) is 12.4 Å². The lowest BCUT2D eigenvalue weighted by molar-refractivity contribution is 0.102. The highest BCUT2D eigenvalue weighted by atomic mass is 35.5. The number of nitrogens with two attached hydrogens (primary N) is 1. The topological polar surface area (TPSA) is 82.2 Å². The number of nitrogen functional groups attached to an aromatic ring is 1. The monoisotopic (exact) mass is 412 g/mol. The van der Waals surface area contributed by atoms with Crippen LogP contribution in [0.15, 0.2) is 36.4 Å². The summed E-state index contributed by atoms with van der Waals surface area (Å²) in [5, 5.41) is 7.59. The molecule has 1 heterocycles. The summed E-state index contributed by atoms with van der Waals surface area (Å²) < 4.78 is 7.16. The largest absolute Gasteiger partial charge is 0.497 e. The third-order valence-corrected chi connectivity index (χ3v) is 5.23. The molecule has 3 aromatic rings. The molecule has 0 aliphatic heterocycles. The molecule has 0 spiro atoms. The normalized spacial score (nSPS) is 12.2. The van der Waals surface area contributed by atoms with Crippen molar-refractivity contribution in [3.05, 3.63) is 64.5 Å². The van der Waals surface area contributed by atoms with Crippen molar-refractivity contribution in [1.82, 2.24) is 9.78 Å². The molecule has 3 N–H and O–H groups in total. The summed E-state index contributed by atoms with van der Waals surface area (Å²) in [4.78, 5) is 13.0. The van der Waals surface area contributed by atoms with Gasteiger partial charge in [-0.1, -0.05) is 17.7 Å². The summed E-state index contributed by atoms with van der Waals surface area (Å²) in [7, 11) is 1.58. The SMILES string of the molecule is COc1ccc(N)c(NC(=O)c2nn(-c3ccc(C)cc3C)c3c2CCC3)c1.Cl. The molecule has 0 saturated heterocycles. The first-order chi connectivity index (χ1) is 13.5. The van der Waals surface area contributed by atoms with Crippen molar-refractivity contribution in [3.8, 4) is 11.4 Å². The molecule has 0 bridgehead atoms. The number of benzene rings is 2. The highest BCUT2D eigenvalue weighted by Crippen LogP contribution is 2.31. The number of amides is 1. The third-order valence-electron chi connectivity index (χ3n) is 5.23. The van der Waals surface area contributed by atoms with Gasteiger partial charge in [-0.25, -0.2) is 4.68 Å². The molecule has 1 aliphatic rings. The molecule has 0 radical (unpaired) electrons. The van der Waals surface area contributed by atoms with Crippen LogP contribution in [-0.4, -0.2) is 22.8 Å². The number of anilines is 2. The van der Waals surface area contributed by atoms with Crippen molar-refractivity contribution < 1.29 is 9.53 Å². The van der Waals surface area contributed by atoms with Crippen molar-refractivity contribution >= 4 is 29.7 Å². The second-order valence-corrected chi connectivity index (χ2v) is 7.24. The summed E-state index contributed by atoms with van der Waals surface area (Å²) in [5.41, 5.74) is 13.0. The third kappa shape index (κ3) is 3.80. The summed E-state index contributed by atoms with van der Waals surface area (Å²) in [6.45, 7) is 4.14. The van der Waals surface area contributed by atoms with Crippen molar-refractivity contribution in [2.45, 2.75) is 33.1 Å². The van der Waals surface area contributed by atoms with E-state index in [1.54, 1.807) is 25.3 Å². The van der Waals surface area contributed by atoms with Crippen molar-refractivity contribution in [2.75, 3.05) is 18.2 Å². The van der Waals surface area contributed by atoms with Gasteiger partial charge in [0.2, 0.25) is 0 Å². The number of hydrogen-bond acceptors (Lipinski definition) is 4. The fraction of sp³-hybridized carbons (Fsp3) is 0.273. The maximum atomic E-state index is 13.0. The Morgan fingerprint density at radius 3 is 2.69 bits per heavy atom. The Morgan fingerprint density at radius 1 is 1.17 bits per heavy atom. The van der Waals surface area contributed by atoms with Crippen LogP contribution < -0.4 is 15.8 Å². The van der Waals surface area contributed by atoms with Gasteiger partial charge in [0.15, 0.2) is 5.69 Å². The van der Waals surface area contributed by atoms with Crippen LogP contribution in [0.2, 0.25) is 0 Å². The Balaban J connectivity index is 0.00000240. The number of ether oxygens (including phenoxy) is 1. The molecular weight excluding hydrogens is 388 g/mol. The number of methoxy groups -OCH3 is 1. The van der Waals surface area contributed by atoms with Crippen molar-refractivity contribution in [2.24, 2.45) is 0 Å². The smallest absolute Gasteiger partial charge is 0.276 e. The van der Waals surface area contributed by atoms with Crippen molar-refractivity contribution in [1.29, 1.82) is 0 Å². The lowest BCUT2D eigenvalue weighted by atomic mass is 10.1. The first-order valence-electron chi connectivity index (χ1n) is 9.41. The average molecular weight is 413 g/mol. The lowest BCUT2D eigenvalue weighted by Gasteiger charge is -2.10. The highest BCUT2D eigenvalue weighted by molar-refractivity contribution is 6.05. The number of nitrogens with zero attached hydrogens (tertiary/aromatic N) is 2. The minimum Gasteiger partial charge on any atom is -0.497 e. The van der Waals surface area contributed by atoms with Crippen LogP contribution in [0.3, 0.4) is 0 Å². The fourth-order valence-corrected chi connectivity index (χ4v) is 3.81. The van der Waals surface area contributed by atoms with Gasteiger partial charge in [0.25, 0.3) is 5.91 Å². The number of nitrogens with one attached hydrogen (secondary N) is 1. The predicted octanol–water partition coefficient (Wildman–Crippen LogP) is 4.24. The lowest BCUT2D eigenvalue weighted by Crippen LogP contribution is -2.16. The first kappa shape index (κ1) is 20.7. The molecule has 1 aromatic heterocycles. The number of carbonyl (C=O) groups is 1. The van der Waals surface area contributed by atoms with Gasteiger partial charge in [0.05, 0.1) is 24.2 Å². The molecule has 2 aromatic carbocycles. The quantitative estimate of drug-likeness (QED) is 0.628. The Kier molecular flexibility index (Phi) is 5.84. The minimum atomic E-state index is -0.249. The molecule has 29 heavy (non-hydrogen) atoms. The van der Waals surface area contributed by atoms with E-state index in [1.165, 1.54) is 5.56 Å². The molecule has 1 amide bonds. The summed E-state index contributed by atoms with van der Waals surface area (Å²) in [6, 6.07) is 11.5. The molecular formula is C22H25ClN4O2. The Labute approximate surface area is 176 Å². The van der Waals surface area contributed by atoms with Crippen LogP contribution in [0.4, 0.5) is 11.4 Å². The maximum Gasteiger partial charge on any atom is 0.276 e. The maximum absolute atomic E-state index is 13.0. The molecule has 6 nitrogen and oxygen atoms in total. The van der Waals surface area contributed by atoms with Gasteiger partial charge in [-0.05, 0) is 56.9 Å². The molecule has 4 rings (SSSR count). The Bertz CT molecular complexity index is 1070. The number of aryl methyl sites for hydroxylation is 2. The van der Waals surface area contributed by atoms with Gasteiger partial charge >= 0.3 is 0 Å².